The molecule has 3 atom stereocenters. The Morgan fingerprint density at radius 3 is 1.19 bits per heavy atom. The quantitative estimate of drug-likeness (QED) is 0.142. The largest absolute Gasteiger partial charge is 0.480 e. The number of aliphatic carboxylic acids is 4. The summed E-state index contributed by atoms with van der Waals surface area (Å²) in [4.78, 5) is 67.0. The van der Waals surface area contributed by atoms with Crippen LogP contribution >= 0.6 is 7.60 Å². The molecule has 6 N–H and O–H groups in total. The standard InChI is InChI=1S/C16H30N3O11P/c1-10(15(24)25)18(8-13(20)21)6-4-17(12(3)31(28,29)30)5-7-19(9-14(22)23)11(2)16(26)27/h10-12H,4-9H2,1-3H3,(H,20,21)(H,22,23)(H,24,25)(H,26,27)(H2,28,29,30). The molecule has 0 fully saturated rings. The van der Waals surface area contributed by atoms with Crippen molar-refractivity contribution in [1.29, 1.82) is 0 Å². The zero-order valence-electron chi connectivity index (χ0n) is 17.5. The molecular weight excluding hydrogens is 441 g/mol. The van der Waals surface area contributed by atoms with Gasteiger partial charge in [0, 0.05) is 26.2 Å². The molecule has 0 spiro atoms. The predicted octanol–water partition coefficient (Wildman–Crippen LogP) is -1.47. The highest BCUT2D eigenvalue weighted by atomic mass is 31.2. The van der Waals surface area contributed by atoms with Gasteiger partial charge in [0.15, 0.2) is 0 Å². The first kappa shape index (κ1) is 28.9. The molecule has 0 aromatic rings. The number of rotatable bonds is 16. The molecule has 0 rings (SSSR count). The minimum absolute atomic E-state index is 0.153. The number of carboxylic acid groups (broad SMARTS) is 4. The maximum atomic E-state index is 11.8. The molecule has 0 saturated heterocycles. The first-order valence-corrected chi connectivity index (χ1v) is 10.9. The maximum absolute atomic E-state index is 11.8. The van der Waals surface area contributed by atoms with Crippen LogP contribution in [0.3, 0.4) is 0 Å². The van der Waals surface area contributed by atoms with Crippen LogP contribution in [-0.2, 0) is 23.7 Å². The van der Waals surface area contributed by atoms with Gasteiger partial charge in [-0.25, -0.2) is 0 Å². The summed E-state index contributed by atoms with van der Waals surface area (Å²) in [5.74, 6) is -6.49. The van der Waals surface area contributed by atoms with Crippen LogP contribution in [0.4, 0.5) is 0 Å². The molecule has 0 aliphatic heterocycles. The van der Waals surface area contributed by atoms with Crippen molar-refractivity contribution >= 4 is 31.5 Å². The van der Waals surface area contributed by atoms with E-state index in [1.807, 2.05) is 0 Å². The van der Waals surface area contributed by atoms with Gasteiger partial charge in [-0.3, -0.25) is 38.4 Å². The normalized spacial score (nSPS) is 15.1. The van der Waals surface area contributed by atoms with Crippen LogP contribution in [0.2, 0.25) is 0 Å². The lowest BCUT2D eigenvalue weighted by molar-refractivity contribution is -0.147. The van der Waals surface area contributed by atoms with Crippen molar-refractivity contribution in [3.8, 4) is 0 Å². The number of hydrogen-bond acceptors (Lipinski definition) is 8. The third-order valence-electron chi connectivity index (χ3n) is 4.85. The maximum Gasteiger partial charge on any atom is 0.342 e. The third-order valence-corrected chi connectivity index (χ3v) is 6.15. The van der Waals surface area contributed by atoms with Crippen LogP contribution in [-0.4, -0.2) is 126 Å². The van der Waals surface area contributed by atoms with Crippen LogP contribution < -0.4 is 0 Å². The molecule has 180 valence electrons. The average Bonchev–Trinajstić information content (AvgIpc) is 2.62. The summed E-state index contributed by atoms with van der Waals surface area (Å²) in [6.07, 6.45) is 0. The lowest BCUT2D eigenvalue weighted by Gasteiger charge is -2.34. The van der Waals surface area contributed by atoms with Gasteiger partial charge in [0.25, 0.3) is 0 Å². The third kappa shape index (κ3) is 10.7. The topological polar surface area (TPSA) is 216 Å². The Balaban J connectivity index is 5.53. The number of nitrogens with zero attached hydrogens (tertiary/aromatic N) is 3. The molecule has 0 radical (unpaired) electrons. The van der Waals surface area contributed by atoms with E-state index in [4.69, 9.17) is 20.4 Å². The van der Waals surface area contributed by atoms with E-state index in [0.717, 1.165) is 9.80 Å². The van der Waals surface area contributed by atoms with Gasteiger partial charge < -0.3 is 30.2 Å². The lowest BCUT2D eigenvalue weighted by Crippen LogP contribution is -2.50. The molecule has 0 bridgehead atoms. The van der Waals surface area contributed by atoms with Gasteiger partial charge in [0.1, 0.15) is 17.9 Å². The van der Waals surface area contributed by atoms with E-state index < -0.39 is 62.4 Å². The zero-order valence-corrected chi connectivity index (χ0v) is 18.4. The van der Waals surface area contributed by atoms with Crippen molar-refractivity contribution in [2.45, 2.75) is 38.6 Å². The average molecular weight is 471 g/mol. The minimum atomic E-state index is -4.65. The van der Waals surface area contributed by atoms with Gasteiger partial charge in [-0.2, -0.15) is 0 Å². The summed E-state index contributed by atoms with van der Waals surface area (Å²) in [5, 5.41) is 36.3. The van der Waals surface area contributed by atoms with Crippen LogP contribution in [0.25, 0.3) is 0 Å². The highest BCUT2D eigenvalue weighted by Gasteiger charge is 2.32. The molecule has 0 aromatic carbocycles. The Kier molecular flexibility index (Phi) is 11.8. The fraction of sp³-hybridized carbons (Fsp3) is 0.750. The number of carboxylic acids is 4. The lowest BCUT2D eigenvalue weighted by atomic mass is 10.2. The summed E-state index contributed by atoms with van der Waals surface area (Å²) in [5.41, 5.74) is 0. The molecule has 0 aromatic heterocycles. The summed E-state index contributed by atoms with van der Waals surface area (Å²) < 4.78 is 11.8. The summed E-state index contributed by atoms with van der Waals surface area (Å²) in [6, 6.07) is -2.36. The molecule has 0 aliphatic carbocycles. The molecule has 3 unspecified atom stereocenters. The molecule has 0 aliphatic rings. The zero-order chi connectivity index (χ0) is 24.5. The van der Waals surface area contributed by atoms with Crippen LogP contribution in [0, 0.1) is 0 Å². The first-order chi connectivity index (χ1) is 14.1. The molecule has 0 amide bonds. The molecule has 0 saturated carbocycles. The molecule has 0 heterocycles. The van der Waals surface area contributed by atoms with Crippen LogP contribution in [0.15, 0.2) is 0 Å². The second-order valence-electron chi connectivity index (χ2n) is 7.01. The summed E-state index contributed by atoms with van der Waals surface area (Å²) in [7, 11) is -4.65. The van der Waals surface area contributed by atoms with E-state index in [-0.39, 0.29) is 26.2 Å². The Morgan fingerprint density at radius 1 is 0.677 bits per heavy atom. The number of hydrogen-bond donors (Lipinski definition) is 6. The van der Waals surface area contributed by atoms with E-state index in [2.05, 4.69) is 0 Å². The van der Waals surface area contributed by atoms with Crippen LogP contribution in [0.5, 0.6) is 0 Å². The van der Waals surface area contributed by atoms with Crippen molar-refractivity contribution in [3.05, 3.63) is 0 Å². The smallest absolute Gasteiger partial charge is 0.342 e. The number of carbonyl (C=O) groups is 4. The highest BCUT2D eigenvalue weighted by molar-refractivity contribution is 7.52. The Hall–Kier alpha value is -2.09. The van der Waals surface area contributed by atoms with Crippen molar-refractivity contribution in [2.75, 3.05) is 39.3 Å². The van der Waals surface area contributed by atoms with Gasteiger partial charge in [0.05, 0.1) is 13.1 Å². The van der Waals surface area contributed by atoms with E-state index >= 15 is 0 Å². The fourth-order valence-corrected chi connectivity index (χ4v) is 3.35. The second-order valence-corrected chi connectivity index (χ2v) is 8.94. The molecular formula is C16H30N3O11P. The molecule has 15 heteroatoms. The Morgan fingerprint density at radius 2 is 0.968 bits per heavy atom. The van der Waals surface area contributed by atoms with Crippen molar-refractivity contribution in [2.24, 2.45) is 0 Å². The first-order valence-electron chi connectivity index (χ1n) is 9.24. The monoisotopic (exact) mass is 471 g/mol. The highest BCUT2D eigenvalue weighted by Crippen LogP contribution is 2.42. The van der Waals surface area contributed by atoms with Gasteiger partial charge in [-0.05, 0) is 20.8 Å². The second kappa shape index (κ2) is 12.7. The Bertz CT molecular complexity index is 654. The summed E-state index contributed by atoms with van der Waals surface area (Å²) >= 11 is 0. The van der Waals surface area contributed by atoms with Crippen molar-refractivity contribution in [1.82, 2.24) is 14.7 Å². The SMILES string of the molecule is CC(C(=O)O)N(CCN(CCN(CC(=O)O)C(C)C(=O)O)C(C)P(=O)(O)O)CC(=O)O. The van der Waals surface area contributed by atoms with E-state index in [0.29, 0.717) is 0 Å². The molecule has 31 heavy (non-hydrogen) atoms. The fourth-order valence-electron chi connectivity index (χ4n) is 2.69. The van der Waals surface area contributed by atoms with Crippen molar-refractivity contribution in [3.63, 3.8) is 0 Å². The van der Waals surface area contributed by atoms with Gasteiger partial charge in [-0.15, -0.1) is 0 Å². The van der Waals surface area contributed by atoms with E-state index in [9.17, 15) is 33.5 Å². The minimum Gasteiger partial charge on any atom is -0.480 e. The van der Waals surface area contributed by atoms with E-state index in [1.165, 1.54) is 25.7 Å². The van der Waals surface area contributed by atoms with Gasteiger partial charge in [-0.1, -0.05) is 0 Å². The van der Waals surface area contributed by atoms with Crippen LogP contribution in [0.1, 0.15) is 20.8 Å². The summed E-state index contributed by atoms with van der Waals surface area (Å²) in [6.45, 7) is 1.87. The predicted molar refractivity (Wildman–Crippen MR) is 106 cm³/mol. The Labute approximate surface area is 178 Å². The molecule has 14 nitrogen and oxygen atoms in total. The van der Waals surface area contributed by atoms with Gasteiger partial charge >= 0.3 is 31.5 Å². The van der Waals surface area contributed by atoms with E-state index in [1.54, 1.807) is 0 Å². The van der Waals surface area contributed by atoms with Crippen molar-refractivity contribution < 1.29 is 54.0 Å². The van der Waals surface area contributed by atoms with Gasteiger partial charge in [0.2, 0.25) is 0 Å².